The Bertz CT molecular complexity index is 1190. The first-order valence-corrected chi connectivity index (χ1v) is 9.50. The van der Waals surface area contributed by atoms with E-state index in [1.807, 2.05) is 78.9 Å². The molecule has 0 aliphatic carbocycles. The first kappa shape index (κ1) is 18.7. The molecule has 0 aliphatic rings. The van der Waals surface area contributed by atoms with Gasteiger partial charge in [0.2, 0.25) is 0 Å². The highest BCUT2D eigenvalue weighted by Gasteiger charge is 2.23. The summed E-state index contributed by atoms with van der Waals surface area (Å²) in [5, 5.41) is 7.03. The number of amides is 1. The first-order chi connectivity index (χ1) is 14.2. The molecule has 0 saturated carbocycles. The molecule has 4 nitrogen and oxygen atoms in total. The summed E-state index contributed by atoms with van der Waals surface area (Å²) >= 11 is 0. The van der Waals surface area contributed by atoms with Crippen LogP contribution < -0.4 is 5.32 Å². The minimum absolute atomic E-state index is 0.300. The number of ether oxygens (including phenoxy) is 1. The predicted octanol–water partition coefficient (Wildman–Crippen LogP) is 4.51. The van der Waals surface area contributed by atoms with E-state index in [9.17, 15) is 9.59 Å². The quantitative estimate of drug-likeness (QED) is 0.516. The van der Waals surface area contributed by atoms with Gasteiger partial charge in [-0.15, -0.1) is 0 Å². The van der Waals surface area contributed by atoms with E-state index in [1.165, 1.54) is 7.11 Å². The third kappa shape index (κ3) is 3.97. The number of carbonyl (C=O) groups is 2. The molecule has 0 bridgehead atoms. The molecule has 0 heterocycles. The van der Waals surface area contributed by atoms with Crippen LogP contribution in [0.2, 0.25) is 0 Å². The zero-order chi connectivity index (χ0) is 20.2. The number of nitrogens with one attached hydrogen (secondary N) is 1. The molecular weight excluding hydrogens is 362 g/mol. The van der Waals surface area contributed by atoms with Gasteiger partial charge in [0.25, 0.3) is 5.91 Å². The Kier molecular flexibility index (Phi) is 5.25. The highest BCUT2D eigenvalue weighted by Crippen LogP contribution is 2.21. The minimum atomic E-state index is -0.773. The summed E-state index contributed by atoms with van der Waals surface area (Å²) in [5.41, 5.74) is 1.49. The summed E-state index contributed by atoms with van der Waals surface area (Å²) in [6.07, 6.45) is 0.355. The van der Waals surface area contributed by atoms with Crippen molar-refractivity contribution in [2.75, 3.05) is 7.11 Å². The summed E-state index contributed by atoms with van der Waals surface area (Å²) in [7, 11) is 1.33. The molecule has 4 rings (SSSR count). The number of rotatable bonds is 5. The summed E-state index contributed by atoms with van der Waals surface area (Å²) in [5.74, 6) is -0.765. The first-order valence-electron chi connectivity index (χ1n) is 9.50. The van der Waals surface area contributed by atoms with Crippen molar-refractivity contribution in [3.63, 3.8) is 0 Å². The van der Waals surface area contributed by atoms with E-state index < -0.39 is 12.0 Å². The fourth-order valence-corrected chi connectivity index (χ4v) is 3.60. The van der Waals surface area contributed by atoms with Crippen LogP contribution in [0.4, 0.5) is 0 Å². The minimum Gasteiger partial charge on any atom is -0.467 e. The monoisotopic (exact) mass is 383 g/mol. The number of benzene rings is 4. The van der Waals surface area contributed by atoms with Crippen molar-refractivity contribution >= 4 is 33.4 Å². The molecule has 0 unspecified atom stereocenters. The van der Waals surface area contributed by atoms with E-state index in [4.69, 9.17) is 4.74 Å². The van der Waals surface area contributed by atoms with Crippen LogP contribution in [0.1, 0.15) is 15.9 Å². The highest BCUT2D eigenvalue weighted by atomic mass is 16.5. The van der Waals surface area contributed by atoms with Gasteiger partial charge in [0, 0.05) is 12.0 Å². The van der Waals surface area contributed by atoms with Crippen molar-refractivity contribution in [3.05, 3.63) is 96.1 Å². The molecule has 0 aliphatic heterocycles. The van der Waals surface area contributed by atoms with Crippen molar-refractivity contribution in [2.45, 2.75) is 12.5 Å². The van der Waals surface area contributed by atoms with Gasteiger partial charge in [-0.25, -0.2) is 4.79 Å². The second-order valence-electron chi connectivity index (χ2n) is 6.95. The van der Waals surface area contributed by atoms with Crippen LogP contribution in [-0.2, 0) is 16.0 Å². The van der Waals surface area contributed by atoms with Gasteiger partial charge < -0.3 is 10.1 Å². The molecule has 0 spiro atoms. The number of esters is 1. The Morgan fingerprint density at radius 2 is 1.52 bits per heavy atom. The molecule has 1 atom stereocenters. The second-order valence-corrected chi connectivity index (χ2v) is 6.95. The van der Waals surface area contributed by atoms with Crippen LogP contribution in [0.3, 0.4) is 0 Å². The number of hydrogen-bond donors (Lipinski definition) is 1. The summed E-state index contributed by atoms with van der Waals surface area (Å²) in [6.45, 7) is 0. The third-order valence-corrected chi connectivity index (χ3v) is 5.11. The SMILES string of the molecule is COC(=O)[C@@H](Cc1cccc2ccccc12)NC(=O)c1ccc2ccccc2c1. The molecular formula is C25H21NO3. The summed E-state index contributed by atoms with van der Waals surface area (Å²) in [6, 6.07) is 26.5. The van der Waals surface area contributed by atoms with Crippen molar-refractivity contribution in [3.8, 4) is 0 Å². The van der Waals surface area contributed by atoms with Crippen LogP contribution >= 0.6 is 0 Å². The lowest BCUT2D eigenvalue weighted by Gasteiger charge is -2.18. The largest absolute Gasteiger partial charge is 0.467 e. The molecule has 1 N–H and O–H groups in total. The van der Waals surface area contributed by atoms with E-state index in [2.05, 4.69) is 5.32 Å². The topological polar surface area (TPSA) is 55.4 Å². The average molecular weight is 383 g/mol. The van der Waals surface area contributed by atoms with E-state index in [0.717, 1.165) is 27.1 Å². The molecule has 0 saturated heterocycles. The molecule has 4 aromatic rings. The zero-order valence-corrected chi connectivity index (χ0v) is 16.1. The van der Waals surface area contributed by atoms with E-state index >= 15 is 0 Å². The van der Waals surface area contributed by atoms with Crippen LogP contribution in [-0.4, -0.2) is 25.0 Å². The zero-order valence-electron chi connectivity index (χ0n) is 16.1. The standard InChI is InChI=1S/C25H21NO3/c1-29-25(28)23(16-20-11-6-10-18-8-4-5-12-22(18)20)26-24(27)21-14-13-17-7-2-3-9-19(17)15-21/h2-15,23H,16H2,1H3,(H,26,27)/t23-/m1/s1. The van der Waals surface area contributed by atoms with Crippen molar-refractivity contribution in [2.24, 2.45) is 0 Å². The fraction of sp³-hybridized carbons (Fsp3) is 0.120. The molecule has 1 amide bonds. The fourth-order valence-electron chi connectivity index (χ4n) is 3.60. The van der Waals surface area contributed by atoms with Gasteiger partial charge in [-0.05, 0) is 39.2 Å². The molecule has 29 heavy (non-hydrogen) atoms. The Labute approximate surface area is 169 Å². The number of methoxy groups -OCH3 is 1. The van der Waals surface area contributed by atoms with Gasteiger partial charge in [-0.1, -0.05) is 72.8 Å². The summed E-state index contributed by atoms with van der Waals surface area (Å²) < 4.78 is 4.95. The second kappa shape index (κ2) is 8.15. The van der Waals surface area contributed by atoms with Crippen LogP contribution in [0.25, 0.3) is 21.5 Å². The predicted molar refractivity (Wildman–Crippen MR) is 115 cm³/mol. The number of hydrogen-bond acceptors (Lipinski definition) is 3. The molecule has 4 aromatic carbocycles. The molecule has 0 aromatic heterocycles. The third-order valence-electron chi connectivity index (χ3n) is 5.11. The van der Waals surface area contributed by atoms with Crippen molar-refractivity contribution in [1.29, 1.82) is 0 Å². The van der Waals surface area contributed by atoms with Crippen molar-refractivity contribution in [1.82, 2.24) is 5.32 Å². The number of carbonyl (C=O) groups excluding carboxylic acids is 2. The Morgan fingerprint density at radius 1 is 0.828 bits per heavy atom. The van der Waals surface area contributed by atoms with Crippen molar-refractivity contribution < 1.29 is 14.3 Å². The van der Waals surface area contributed by atoms with Gasteiger partial charge in [0.1, 0.15) is 6.04 Å². The smallest absolute Gasteiger partial charge is 0.328 e. The Hall–Kier alpha value is -3.66. The molecule has 144 valence electrons. The van der Waals surface area contributed by atoms with Gasteiger partial charge in [0.05, 0.1) is 7.11 Å². The van der Waals surface area contributed by atoms with Crippen LogP contribution in [0.15, 0.2) is 84.9 Å². The lowest BCUT2D eigenvalue weighted by atomic mass is 9.98. The number of fused-ring (bicyclic) bond motifs is 2. The molecule has 4 heteroatoms. The van der Waals surface area contributed by atoms with E-state index in [-0.39, 0.29) is 5.91 Å². The van der Waals surface area contributed by atoms with Gasteiger partial charge >= 0.3 is 5.97 Å². The molecule has 0 fully saturated rings. The van der Waals surface area contributed by atoms with Crippen LogP contribution in [0.5, 0.6) is 0 Å². The van der Waals surface area contributed by atoms with E-state index in [1.54, 1.807) is 6.07 Å². The normalized spacial score (nSPS) is 11.9. The highest BCUT2D eigenvalue weighted by molar-refractivity contribution is 6.00. The summed E-state index contributed by atoms with van der Waals surface area (Å²) in [4.78, 5) is 25.2. The van der Waals surface area contributed by atoms with Gasteiger partial charge in [-0.2, -0.15) is 0 Å². The maximum Gasteiger partial charge on any atom is 0.328 e. The lowest BCUT2D eigenvalue weighted by molar-refractivity contribution is -0.142. The van der Waals surface area contributed by atoms with Gasteiger partial charge in [-0.3, -0.25) is 4.79 Å². The maximum absolute atomic E-state index is 12.9. The Morgan fingerprint density at radius 3 is 2.31 bits per heavy atom. The Balaban J connectivity index is 1.61. The molecule has 0 radical (unpaired) electrons. The lowest BCUT2D eigenvalue weighted by Crippen LogP contribution is -2.43. The van der Waals surface area contributed by atoms with Gasteiger partial charge in [0.15, 0.2) is 0 Å². The van der Waals surface area contributed by atoms with Crippen LogP contribution in [0, 0.1) is 0 Å². The van der Waals surface area contributed by atoms with E-state index in [0.29, 0.717) is 12.0 Å². The average Bonchev–Trinajstić information content (AvgIpc) is 2.77. The maximum atomic E-state index is 12.9.